The Bertz CT molecular complexity index is 565. The SMILES string of the molecule is C[C@]12CC=C(OC=O)CC1CC[C@@H]1[C@@H]2CC[C@]2(C)C(=O)CC[C@@H]12. The molecule has 126 valence electrons. The van der Waals surface area contributed by atoms with E-state index in [2.05, 4.69) is 19.9 Å². The molecule has 3 nitrogen and oxygen atoms in total. The fraction of sp³-hybridized carbons (Fsp3) is 0.800. The maximum absolute atomic E-state index is 12.4. The zero-order chi connectivity index (χ0) is 16.2. The van der Waals surface area contributed by atoms with Crippen molar-refractivity contribution in [2.45, 2.75) is 65.2 Å². The van der Waals surface area contributed by atoms with Gasteiger partial charge in [-0.15, -0.1) is 0 Å². The van der Waals surface area contributed by atoms with Gasteiger partial charge in [-0.05, 0) is 73.7 Å². The molecule has 0 aromatic rings. The van der Waals surface area contributed by atoms with Gasteiger partial charge < -0.3 is 4.74 Å². The molecule has 0 N–H and O–H groups in total. The molecule has 3 saturated carbocycles. The smallest absolute Gasteiger partial charge is 0.298 e. The number of hydrogen-bond donors (Lipinski definition) is 0. The van der Waals surface area contributed by atoms with Crippen molar-refractivity contribution >= 4 is 12.3 Å². The molecule has 4 aliphatic rings. The van der Waals surface area contributed by atoms with Crippen LogP contribution in [0.15, 0.2) is 11.8 Å². The molecule has 0 radical (unpaired) electrons. The average molecular weight is 316 g/mol. The molecule has 4 rings (SSSR count). The highest BCUT2D eigenvalue weighted by molar-refractivity contribution is 5.87. The summed E-state index contributed by atoms with van der Waals surface area (Å²) in [6.07, 6.45) is 10.8. The quantitative estimate of drug-likeness (QED) is 0.715. The van der Waals surface area contributed by atoms with Gasteiger partial charge in [0.1, 0.15) is 11.5 Å². The van der Waals surface area contributed by atoms with Crippen molar-refractivity contribution in [2.24, 2.45) is 34.5 Å². The third kappa shape index (κ3) is 2.08. The predicted octanol–water partition coefficient (Wildman–Crippen LogP) is 4.27. The highest BCUT2D eigenvalue weighted by Crippen LogP contribution is 2.65. The Kier molecular flexibility index (Phi) is 3.48. The molecular weight excluding hydrogens is 288 g/mol. The van der Waals surface area contributed by atoms with Gasteiger partial charge in [-0.2, -0.15) is 0 Å². The van der Waals surface area contributed by atoms with Crippen molar-refractivity contribution in [3.8, 4) is 0 Å². The van der Waals surface area contributed by atoms with Crippen LogP contribution in [-0.4, -0.2) is 12.3 Å². The molecule has 4 aliphatic carbocycles. The van der Waals surface area contributed by atoms with E-state index < -0.39 is 0 Å². The Morgan fingerprint density at radius 1 is 1.17 bits per heavy atom. The normalized spacial score (nSPS) is 48.8. The van der Waals surface area contributed by atoms with Gasteiger partial charge in [-0.25, -0.2) is 0 Å². The maximum atomic E-state index is 12.4. The Labute approximate surface area is 138 Å². The van der Waals surface area contributed by atoms with Gasteiger partial charge in [0.05, 0.1) is 0 Å². The van der Waals surface area contributed by atoms with Gasteiger partial charge in [-0.1, -0.05) is 13.8 Å². The summed E-state index contributed by atoms with van der Waals surface area (Å²) < 4.78 is 5.15. The van der Waals surface area contributed by atoms with Crippen molar-refractivity contribution in [3.05, 3.63) is 11.8 Å². The first-order valence-electron chi connectivity index (χ1n) is 9.31. The van der Waals surface area contributed by atoms with Crippen molar-refractivity contribution < 1.29 is 14.3 Å². The summed E-state index contributed by atoms with van der Waals surface area (Å²) in [5.41, 5.74) is 0.298. The number of ketones is 1. The molecule has 3 fully saturated rings. The number of rotatable bonds is 2. The van der Waals surface area contributed by atoms with Gasteiger partial charge in [0.2, 0.25) is 0 Å². The predicted molar refractivity (Wildman–Crippen MR) is 87.3 cm³/mol. The minimum atomic E-state index is -0.0271. The van der Waals surface area contributed by atoms with E-state index in [4.69, 9.17) is 4.74 Å². The van der Waals surface area contributed by atoms with E-state index in [0.29, 0.717) is 29.5 Å². The maximum Gasteiger partial charge on any atom is 0.298 e. The first-order valence-corrected chi connectivity index (χ1v) is 9.31. The van der Waals surface area contributed by atoms with Crippen LogP contribution >= 0.6 is 0 Å². The minimum absolute atomic E-state index is 0.0271. The lowest BCUT2D eigenvalue weighted by molar-refractivity contribution is -0.137. The molecule has 0 aromatic carbocycles. The van der Waals surface area contributed by atoms with E-state index in [0.717, 1.165) is 49.7 Å². The number of fused-ring (bicyclic) bond motifs is 5. The Balaban J connectivity index is 1.61. The largest absolute Gasteiger partial charge is 0.434 e. The third-order valence-corrected chi connectivity index (χ3v) is 8.19. The Morgan fingerprint density at radius 2 is 2.00 bits per heavy atom. The molecule has 6 atom stereocenters. The first kappa shape index (κ1) is 15.4. The second-order valence-corrected chi connectivity index (χ2v) is 8.87. The number of carbonyl (C=O) groups is 2. The lowest BCUT2D eigenvalue weighted by atomic mass is 9.46. The van der Waals surface area contributed by atoms with E-state index in [9.17, 15) is 9.59 Å². The third-order valence-electron chi connectivity index (χ3n) is 8.19. The number of Topliss-reactive ketones (excluding diaryl/α,β-unsaturated/α-hetero) is 1. The minimum Gasteiger partial charge on any atom is -0.434 e. The van der Waals surface area contributed by atoms with Crippen molar-refractivity contribution in [1.82, 2.24) is 0 Å². The van der Waals surface area contributed by atoms with Crippen molar-refractivity contribution in [3.63, 3.8) is 0 Å². The highest BCUT2D eigenvalue weighted by Gasteiger charge is 2.59. The fourth-order valence-corrected chi connectivity index (χ4v) is 6.78. The van der Waals surface area contributed by atoms with Crippen LogP contribution in [0.4, 0.5) is 0 Å². The van der Waals surface area contributed by atoms with Crippen LogP contribution in [0.1, 0.15) is 65.2 Å². The summed E-state index contributed by atoms with van der Waals surface area (Å²) in [4.78, 5) is 23.1. The van der Waals surface area contributed by atoms with E-state index in [1.54, 1.807) is 0 Å². The molecule has 0 saturated heterocycles. The summed E-state index contributed by atoms with van der Waals surface area (Å²) >= 11 is 0. The molecule has 3 heteroatoms. The molecule has 0 heterocycles. The van der Waals surface area contributed by atoms with Crippen LogP contribution in [-0.2, 0) is 14.3 Å². The average Bonchev–Trinajstić information content (AvgIpc) is 2.84. The van der Waals surface area contributed by atoms with E-state index in [1.807, 2.05) is 0 Å². The summed E-state index contributed by atoms with van der Waals surface area (Å²) in [5, 5.41) is 0. The zero-order valence-electron chi connectivity index (χ0n) is 14.3. The van der Waals surface area contributed by atoms with Gasteiger partial charge in [0, 0.05) is 18.3 Å². The standard InChI is InChI=1S/C20H28O3/c1-19-9-7-14(23-12-21)11-13(19)3-4-15-16-5-6-18(22)20(16,2)10-8-17(15)19/h7,12-13,15-17H,3-6,8-11H2,1-2H3/t13?,15-,16-,17-,19-,20-/m0/s1. The fourth-order valence-electron chi connectivity index (χ4n) is 6.78. The summed E-state index contributed by atoms with van der Waals surface area (Å²) in [7, 11) is 0. The molecule has 0 bridgehead atoms. The van der Waals surface area contributed by atoms with Crippen LogP contribution in [0.3, 0.4) is 0 Å². The molecule has 0 aliphatic heterocycles. The summed E-state index contributed by atoms with van der Waals surface area (Å²) in [6, 6.07) is 0. The molecular formula is C20H28O3. The molecule has 0 spiro atoms. The van der Waals surface area contributed by atoms with Crippen LogP contribution in [0.2, 0.25) is 0 Å². The molecule has 23 heavy (non-hydrogen) atoms. The Hall–Kier alpha value is -1.12. The molecule has 1 unspecified atom stereocenters. The van der Waals surface area contributed by atoms with Gasteiger partial charge in [0.25, 0.3) is 6.47 Å². The van der Waals surface area contributed by atoms with E-state index in [1.165, 1.54) is 19.3 Å². The monoisotopic (exact) mass is 316 g/mol. The van der Waals surface area contributed by atoms with Crippen LogP contribution in [0, 0.1) is 34.5 Å². The van der Waals surface area contributed by atoms with E-state index >= 15 is 0 Å². The van der Waals surface area contributed by atoms with Crippen molar-refractivity contribution in [1.29, 1.82) is 0 Å². The molecule has 0 amide bonds. The number of carbonyl (C=O) groups excluding carboxylic acids is 2. The zero-order valence-corrected chi connectivity index (χ0v) is 14.3. The van der Waals surface area contributed by atoms with E-state index in [-0.39, 0.29) is 5.41 Å². The Morgan fingerprint density at radius 3 is 2.78 bits per heavy atom. The van der Waals surface area contributed by atoms with Gasteiger partial charge in [-0.3, -0.25) is 9.59 Å². The lowest BCUT2D eigenvalue weighted by Gasteiger charge is -2.58. The lowest BCUT2D eigenvalue weighted by Crippen LogP contribution is -2.52. The molecule has 0 aromatic heterocycles. The second kappa shape index (κ2) is 5.19. The highest BCUT2D eigenvalue weighted by atomic mass is 16.5. The van der Waals surface area contributed by atoms with Crippen LogP contribution < -0.4 is 0 Å². The van der Waals surface area contributed by atoms with Crippen LogP contribution in [0.5, 0.6) is 0 Å². The topological polar surface area (TPSA) is 43.4 Å². The van der Waals surface area contributed by atoms with Gasteiger partial charge in [0.15, 0.2) is 0 Å². The first-order chi connectivity index (χ1) is 11.0. The number of hydrogen-bond acceptors (Lipinski definition) is 3. The van der Waals surface area contributed by atoms with Gasteiger partial charge >= 0.3 is 0 Å². The number of allylic oxidation sites excluding steroid dienone is 2. The number of ether oxygens (including phenoxy) is 1. The van der Waals surface area contributed by atoms with Crippen LogP contribution in [0.25, 0.3) is 0 Å². The second-order valence-electron chi connectivity index (χ2n) is 8.87. The summed E-state index contributed by atoms with van der Waals surface area (Å²) in [5.74, 6) is 4.10. The van der Waals surface area contributed by atoms with Crippen molar-refractivity contribution in [2.75, 3.05) is 0 Å². The summed E-state index contributed by atoms with van der Waals surface area (Å²) in [6.45, 7) is 5.27.